The second-order valence-corrected chi connectivity index (χ2v) is 9.14. The van der Waals surface area contributed by atoms with E-state index < -0.39 is 16.1 Å². The average molecular weight is 427 g/mol. The Hall–Kier alpha value is -3.27. The van der Waals surface area contributed by atoms with Gasteiger partial charge in [-0.25, -0.2) is 13.1 Å². The third kappa shape index (κ3) is 4.48. The number of nitrogens with one attached hydrogen (secondary N) is 1. The quantitative estimate of drug-likeness (QED) is 0.646. The van der Waals surface area contributed by atoms with Crippen LogP contribution in [0.2, 0.25) is 0 Å². The summed E-state index contributed by atoms with van der Waals surface area (Å²) in [4.78, 5) is 13.1. The molecule has 0 radical (unpaired) electrons. The van der Waals surface area contributed by atoms with Crippen LogP contribution in [-0.4, -0.2) is 46.8 Å². The molecule has 0 saturated carbocycles. The van der Waals surface area contributed by atoms with Gasteiger partial charge in [-0.05, 0) is 47.0 Å². The van der Waals surface area contributed by atoms with Crippen LogP contribution in [0.1, 0.15) is 24.4 Å². The molecule has 156 valence electrons. The van der Waals surface area contributed by atoms with Gasteiger partial charge in [0, 0.05) is 18.7 Å². The first-order valence-corrected chi connectivity index (χ1v) is 11.3. The maximum atomic E-state index is 13.1. The van der Waals surface area contributed by atoms with Crippen molar-refractivity contribution >= 4 is 27.3 Å². The van der Waals surface area contributed by atoms with Gasteiger partial charge in [-0.3, -0.25) is 9.10 Å². The second-order valence-electron chi connectivity index (χ2n) is 7.13. The predicted molar refractivity (Wildman–Crippen MR) is 112 cm³/mol. The minimum Gasteiger partial charge on any atom is -0.324 e. The van der Waals surface area contributed by atoms with E-state index in [2.05, 4.69) is 20.8 Å². The van der Waals surface area contributed by atoms with Crippen molar-refractivity contribution in [2.24, 2.45) is 0 Å². The normalized spacial score (nSPS) is 16.7. The molecule has 1 N–H and O–H groups in total. The van der Waals surface area contributed by atoms with Gasteiger partial charge in [0.15, 0.2) is 0 Å². The number of sulfonamides is 1. The molecule has 2 aromatic carbocycles. The summed E-state index contributed by atoms with van der Waals surface area (Å²) in [5.41, 5.74) is 2.04. The predicted octanol–water partition coefficient (Wildman–Crippen LogP) is 2.03. The molecule has 1 amide bonds. The van der Waals surface area contributed by atoms with Crippen LogP contribution in [0.15, 0.2) is 60.9 Å². The fraction of sp³-hybridized carbons (Fsp3) is 0.300. The van der Waals surface area contributed by atoms with E-state index in [4.69, 9.17) is 0 Å². The summed E-state index contributed by atoms with van der Waals surface area (Å²) >= 11 is 0. The summed E-state index contributed by atoms with van der Waals surface area (Å²) < 4.78 is 27.6. The average Bonchev–Trinajstić information content (AvgIpc) is 3.27. The van der Waals surface area contributed by atoms with Crippen LogP contribution in [0.3, 0.4) is 0 Å². The molecule has 0 spiro atoms. The molecule has 0 bridgehead atoms. The van der Waals surface area contributed by atoms with Crippen LogP contribution in [0, 0.1) is 0 Å². The highest BCUT2D eigenvalue weighted by molar-refractivity contribution is 7.92. The van der Waals surface area contributed by atoms with Gasteiger partial charge in [0.25, 0.3) is 0 Å². The maximum absolute atomic E-state index is 13.1. The first-order valence-electron chi connectivity index (χ1n) is 9.71. The summed E-state index contributed by atoms with van der Waals surface area (Å²) in [7, 11) is -3.32. The van der Waals surface area contributed by atoms with Gasteiger partial charge in [-0.1, -0.05) is 36.4 Å². The third-order valence-corrected chi connectivity index (χ3v) is 6.88. The molecule has 1 aliphatic rings. The monoisotopic (exact) mass is 426 g/mol. The summed E-state index contributed by atoms with van der Waals surface area (Å²) in [5, 5.41) is 14.1. The standard InChI is InChI=1S/C20H22N6O3S/c27-20(19(25-15-21-23-24-25)13-16-7-2-1-3-8-16)22-17-9-6-10-18(14-17)26-11-4-5-12-30(26,28)29/h1-3,6-10,14-15,19H,4-5,11-13H2,(H,22,27)/t19-/m0/s1. The molecule has 4 rings (SSSR count). The van der Waals surface area contributed by atoms with E-state index in [9.17, 15) is 13.2 Å². The number of nitrogens with zero attached hydrogens (tertiary/aromatic N) is 5. The van der Waals surface area contributed by atoms with E-state index in [0.29, 0.717) is 30.8 Å². The van der Waals surface area contributed by atoms with E-state index in [1.807, 2.05) is 30.3 Å². The van der Waals surface area contributed by atoms with Gasteiger partial charge in [0.2, 0.25) is 15.9 Å². The number of aromatic nitrogens is 4. The highest BCUT2D eigenvalue weighted by Gasteiger charge is 2.27. The summed E-state index contributed by atoms with van der Waals surface area (Å²) in [6.45, 7) is 0.445. The molecule has 3 aromatic rings. The molecular formula is C20H22N6O3S. The Bertz CT molecular complexity index is 1100. The maximum Gasteiger partial charge on any atom is 0.249 e. The zero-order chi connectivity index (χ0) is 21.0. The number of tetrazole rings is 1. The van der Waals surface area contributed by atoms with Gasteiger partial charge >= 0.3 is 0 Å². The van der Waals surface area contributed by atoms with Gasteiger partial charge in [0.05, 0.1) is 11.4 Å². The minimum absolute atomic E-state index is 0.141. The molecule has 30 heavy (non-hydrogen) atoms. The van der Waals surface area contributed by atoms with Gasteiger partial charge in [0.1, 0.15) is 12.4 Å². The van der Waals surface area contributed by atoms with Gasteiger partial charge < -0.3 is 5.32 Å². The third-order valence-electron chi connectivity index (χ3n) is 5.01. The Morgan fingerprint density at radius 1 is 1.10 bits per heavy atom. The Morgan fingerprint density at radius 2 is 1.93 bits per heavy atom. The van der Waals surface area contributed by atoms with E-state index in [0.717, 1.165) is 12.0 Å². The smallest absolute Gasteiger partial charge is 0.249 e. The fourth-order valence-electron chi connectivity index (χ4n) is 3.50. The number of amides is 1. The molecule has 1 atom stereocenters. The van der Waals surface area contributed by atoms with E-state index in [1.54, 1.807) is 24.3 Å². The molecule has 1 fully saturated rings. The lowest BCUT2D eigenvalue weighted by Crippen LogP contribution is -2.37. The SMILES string of the molecule is O=C(Nc1cccc(N2CCCCS2(=O)=O)c1)[C@H](Cc1ccccc1)n1cnnn1. The zero-order valence-electron chi connectivity index (χ0n) is 16.3. The van der Waals surface area contributed by atoms with E-state index in [-0.39, 0.29) is 11.7 Å². The van der Waals surface area contributed by atoms with Crippen molar-refractivity contribution in [3.8, 4) is 0 Å². The first-order chi connectivity index (χ1) is 14.5. The fourth-order valence-corrected chi connectivity index (χ4v) is 5.13. The lowest BCUT2D eigenvalue weighted by atomic mass is 10.1. The first kappa shape index (κ1) is 20.0. The highest BCUT2D eigenvalue weighted by atomic mass is 32.2. The number of carbonyl (C=O) groups is 1. The van der Waals surface area contributed by atoms with Gasteiger partial charge in [-0.2, -0.15) is 0 Å². The van der Waals surface area contributed by atoms with Gasteiger partial charge in [-0.15, -0.1) is 5.10 Å². The molecular weight excluding hydrogens is 404 g/mol. The largest absolute Gasteiger partial charge is 0.324 e. The number of benzene rings is 2. The summed E-state index contributed by atoms with van der Waals surface area (Å²) in [5.74, 6) is -0.146. The molecule has 1 saturated heterocycles. The second kappa shape index (κ2) is 8.62. The number of anilines is 2. The molecule has 0 aliphatic carbocycles. The molecule has 1 aromatic heterocycles. The topological polar surface area (TPSA) is 110 Å². The van der Waals surface area contributed by atoms with Crippen LogP contribution >= 0.6 is 0 Å². The van der Waals surface area contributed by atoms with Crippen LogP contribution in [0.4, 0.5) is 11.4 Å². The highest BCUT2D eigenvalue weighted by Crippen LogP contribution is 2.26. The van der Waals surface area contributed by atoms with Crippen molar-refractivity contribution in [2.45, 2.75) is 25.3 Å². The Kier molecular flexibility index (Phi) is 5.75. The summed E-state index contributed by atoms with van der Waals surface area (Å²) in [6.07, 6.45) is 3.30. The Morgan fingerprint density at radius 3 is 2.67 bits per heavy atom. The van der Waals surface area contributed by atoms with Crippen LogP contribution < -0.4 is 9.62 Å². The Labute approximate surface area is 174 Å². The van der Waals surface area contributed by atoms with Crippen molar-refractivity contribution < 1.29 is 13.2 Å². The molecule has 10 heteroatoms. The molecule has 1 aliphatic heterocycles. The van der Waals surface area contributed by atoms with Crippen LogP contribution in [0.25, 0.3) is 0 Å². The molecule has 0 unspecified atom stereocenters. The lowest BCUT2D eigenvalue weighted by Gasteiger charge is -2.28. The number of rotatable bonds is 6. The lowest BCUT2D eigenvalue weighted by molar-refractivity contribution is -0.119. The zero-order valence-corrected chi connectivity index (χ0v) is 17.1. The van der Waals surface area contributed by atoms with E-state index in [1.165, 1.54) is 15.3 Å². The van der Waals surface area contributed by atoms with Crippen molar-refractivity contribution in [3.63, 3.8) is 0 Å². The summed E-state index contributed by atoms with van der Waals surface area (Å²) in [6, 6.07) is 15.8. The number of hydrogen-bond acceptors (Lipinski definition) is 6. The molecule has 2 heterocycles. The number of carbonyl (C=O) groups excluding carboxylic acids is 1. The van der Waals surface area contributed by atoms with E-state index >= 15 is 0 Å². The van der Waals surface area contributed by atoms with Crippen molar-refractivity contribution in [3.05, 3.63) is 66.5 Å². The molecule has 9 nitrogen and oxygen atoms in total. The van der Waals surface area contributed by atoms with Crippen molar-refractivity contribution in [1.82, 2.24) is 20.2 Å². The van der Waals surface area contributed by atoms with Crippen molar-refractivity contribution in [2.75, 3.05) is 21.9 Å². The van der Waals surface area contributed by atoms with Crippen molar-refractivity contribution in [1.29, 1.82) is 0 Å². The van der Waals surface area contributed by atoms with Crippen LogP contribution in [-0.2, 0) is 21.2 Å². The number of hydrogen-bond donors (Lipinski definition) is 1. The minimum atomic E-state index is -3.32. The van der Waals surface area contributed by atoms with Crippen LogP contribution in [0.5, 0.6) is 0 Å². The Balaban J connectivity index is 1.55.